The Balaban J connectivity index is 1.60. The molecule has 0 radical (unpaired) electrons. The minimum atomic E-state index is -1.19. The lowest BCUT2D eigenvalue weighted by Gasteiger charge is -2.25. The van der Waals surface area contributed by atoms with Crippen LogP contribution in [0.3, 0.4) is 0 Å². The van der Waals surface area contributed by atoms with E-state index < -0.39 is 5.60 Å². The predicted molar refractivity (Wildman–Crippen MR) is 117 cm³/mol. The Morgan fingerprint density at radius 1 is 0.774 bits per heavy atom. The summed E-state index contributed by atoms with van der Waals surface area (Å²) < 4.78 is 23.8. The molecular weight excluding hydrogens is 399 g/mol. The van der Waals surface area contributed by atoms with Gasteiger partial charge >= 0.3 is 0 Å². The van der Waals surface area contributed by atoms with E-state index in [9.17, 15) is 14.0 Å². The number of carbonyl (C=O) groups excluding carboxylic acids is 2. The molecule has 0 bridgehead atoms. The molecule has 0 atom stereocenters. The van der Waals surface area contributed by atoms with E-state index in [-0.39, 0.29) is 17.6 Å². The van der Waals surface area contributed by atoms with E-state index in [0.29, 0.717) is 28.4 Å². The highest BCUT2D eigenvalue weighted by Crippen LogP contribution is 2.21. The second kappa shape index (κ2) is 9.30. The Morgan fingerprint density at radius 2 is 1.29 bits per heavy atom. The summed E-state index contributed by atoms with van der Waals surface area (Å²) in [6, 6.07) is 18.9. The first-order valence-corrected chi connectivity index (χ1v) is 9.58. The third kappa shape index (κ3) is 5.82. The summed E-state index contributed by atoms with van der Waals surface area (Å²) in [6.45, 7) is 3.23. The maximum atomic E-state index is 13.0. The molecular formula is C24H23FN2O4. The molecule has 0 fully saturated rings. The molecule has 0 aromatic heterocycles. The molecule has 160 valence electrons. The first kappa shape index (κ1) is 21.8. The normalized spacial score (nSPS) is 10.8. The zero-order valence-electron chi connectivity index (χ0n) is 17.4. The predicted octanol–water partition coefficient (Wildman–Crippen LogP) is 4.88. The number of rotatable bonds is 7. The van der Waals surface area contributed by atoms with Crippen molar-refractivity contribution in [1.82, 2.24) is 0 Å². The van der Waals surface area contributed by atoms with Crippen molar-refractivity contribution >= 4 is 23.2 Å². The van der Waals surface area contributed by atoms with Gasteiger partial charge in [-0.2, -0.15) is 0 Å². The van der Waals surface area contributed by atoms with Crippen LogP contribution in [-0.4, -0.2) is 24.5 Å². The van der Waals surface area contributed by atoms with Gasteiger partial charge in [0.1, 0.15) is 17.3 Å². The van der Waals surface area contributed by atoms with Crippen LogP contribution in [0.4, 0.5) is 15.8 Å². The fourth-order valence-corrected chi connectivity index (χ4v) is 2.71. The minimum Gasteiger partial charge on any atom is -0.497 e. The number of amides is 2. The Bertz CT molecular complexity index is 1050. The average molecular weight is 422 g/mol. The average Bonchev–Trinajstić information content (AvgIpc) is 2.76. The quantitative estimate of drug-likeness (QED) is 0.569. The van der Waals surface area contributed by atoms with Crippen LogP contribution in [0.2, 0.25) is 0 Å². The Kier molecular flexibility index (Phi) is 6.55. The maximum Gasteiger partial charge on any atom is 0.267 e. The largest absolute Gasteiger partial charge is 0.497 e. The van der Waals surface area contributed by atoms with Gasteiger partial charge in [-0.25, -0.2) is 4.39 Å². The van der Waals surface area contributed by atoms with Gasteiger partial charge in [-0.15, -0.1) is 0 Å². The third-order valence-electron chi connectivity index (χ3n) is 4.49. The molecule has 3 rings (SSSR count). The number of ether oxygens (including phenoxy) is 2. The van der Waals surface area contributed by atoms with Gasteiger partial charge in [-0.3, -0.25) is 9.59 Å². The van der Waals surface area contributed by atoms with Crippen molar-refractivity contribution in [3.63, 3.8) is 0 Å². The fourth-order valence-electron chi connectivity index (χ4n) is 2.71. The molecule has 31 heavy (non-hydrogen) atoms. The summed E-state index contributed by atoms with van der Waals surface area (Å²) in [7, 11) is 1.57. The summed E-state index contributed by atoms with van der Waals surface area (Å²) in [5, 5.41) is 5.56. The number of benzene rings is 3. The van der Waals surface area contributed by atoms with Crippen LogP contribution >= 0.6 is 0 Å². The Hall–Kier alpha value is -3.87. The highest BCUT2D eigenvalue weighted by molar-refractivity contribution is 6.05. The molecule has 0 saturated carbocycles. The first-order chi connectivity index (χ1) is 14.8. The van der Waals surface area contributed by atoms with Crippen molar-refractivity contribution in [1.29, 1.82) is 0 Å². The molecule has 0 unspecified atom stereocenters. The molecule has 0 aliphatic heterocycles. The van der Waals surface area contributed by atoms with E-state index in [1.54, 1.807) is 69.5 Å². The topological polar surface area (TPSA) is 76.7 Å². The fraction of sp³-hybridized carbons (Fsp3) is 0.167. The zero-order chi connectivity index (χ0) is 22.4. The van der Waals surface area contributed by atoms with E-state index in [1.807, 2.05) is 0 Å². The van der Waals surface area contributed by atoms with Gasteiger partial charge in [-0.05, 0) is 86.6 Å². The number of methoxy groups -OCH3 is 1. The summed E-state index contributed by atoms with van der Waals surface area (Å²) >= 11 is 0. The zero-order valence-corrected chi connectivity index (χ0v) is 17.4. The van der Waals surface area contributed by atoms with Crippen molar-refractivity contribution in [2.24, 2.45) is 0 Å². The van der Waals surface area contributed by atoms with Crippen LogP contribution in [0, 0.1) is 5.82 Å². The smallest absolute Gasteiger partial charge is 0.267 e. The summed E-state index contributed by atoms with van der Waals surface area (Å²) in [5.74, 6) is 0.0394. The second-order valence-electron chi connectivity index (χ2n) is 7.28. The number of anilines is 2. The monoisotopic (exact) mass is 422 g/mol. The van der Waals surface area contributed by atoms with E-state index in [4.69, 9.17) is 9.47 Å². The van der Waals surface area contributed by atoms with Crippen molar-refractivity contribution in [2.75, 3.05) is 17.7 Å². The van der Waals surface area contributed by atoms with Crippen LogP contribution in [0.15, 0.2) is 72.8 Å². The van der Waals surface area contributed by atoms with Crippen molar-refractivity contribution in [3.05, 3.63) is 84.2 Å². The van der Waals surface area contributed by atoms with Crippen molar-refractivity contribution in [2.45, 2.75) is 19.4 Å². The van der Waals surface area contributed by atoms with Crippen LogP contribution in [0.1, 0.15) is 24.2 Å². The second-order valence-corrected chi connectivity index (χ2v) is 7.28. The number of nitrogens with one attached hydrogen (secondary N) is 2. The number of hydrogen-bond acceptors (Lipinski definition) is 4. The molecule has 0 saturated heterocycles. The highest BCUT2D eigenvalue weighted by atomic mass is 19.1. The van der Waals surface area contributed by atoms with Crippen LogP contribution in [0.5, 0.6) is 11.5 Å². The summed E-state index contributed by atoms with van der Waals surface area (Å²) in [6.07, 6.45) is 0. The van der Waals surface area contributed by atoms with Gasteiger partial charge in [-0.1, -0.05) is 0 Å². The van der Waals surface area contributed by atoms with Gasteiger partial charge in [0.05, 0.1) is 7.11 Å². The van der Waals surface area contributed by atoms with Gasteiger partial charge in [0.2, 0.25) is 0 Å². The molecule has 0 aliphatic carbocycles. The summed E-state index contributed by atoms with van der Waals surface area (Å²) in [4.78, 5) is 25.0. The molecule has 6 nitrogen and oxygen atoms in total. The molecule has 2 N–H and O–H groups in total. The lowest BCUT2D eigenvalue weighted by atomic mass is 10.1. The van der Waals surface area contributed by atoms with Crippen LogP contribution in [0.25, 0.3) is 0 Å². The molecule has 7 heteroatoms. The number of halogens is 1. The lowest BCUT2D eigenvalue weighted by Crippen LogP contribution is -2.42. The van der Waals surface area contributed by atoms with E-state index >= 15 is 0 Å². The summed E-state index contributed by atoms with van der Waals surface area (Å²) in [5.41, 5.74) is 0.405. The maximum absolute atomic E-state index is 13.0. The van der Waals surface area contributed by atoms with Crippen molar-refractivity contribution < 1.29 is 23.5 Å². The van der Waals surface area contributed by atoms with Crippen LogP contribution < -0.4 is 20.1 Å². The molecule has 2 amide bonds. The van der Waals surface area contributed by atoms with Gasteiger partial charge in [0, 0.05) is 16.9 Å². The van der Waals surface area contributed by atoms with Gasteiger partial charge < -0.3 is 20.1 Å². The Morgan fingerprint density at radius 3 is 1.87 bits per heavy atom. The third-order valence-corrected chi connectivity index (χ3v) is 4.49. The van der Waals surface area contributed by atoms with Crippen molar-refractivity contribution in [3.8, 4) is 11.5 Å². The SMILES string of the molecule is COc1ccc(NC(=O)c2ccc(NC(=O)C(C)(C)Oc3ccc(F)cc3)cc2)cc1. The van der Waals surface area contributed by atoms with E-state index in [0.717, 1.165) is 0 Å². The number of hydrogen-bond donors (Lipinski definition) is 2. The molecule has 0 aliphatic rings. The first-order valence-electron chi connectivity index (χ1n) is 9.58. The van der Waals surface area contributed by atoms with E-state index in [1.165, 1.54) is 24.3 Å². The number of carbonyl (C=O) groups is 2. The minimum absolute atomic E-state index is 0.275. The van der Waals surface area contributed by atoms with E-state index in [2.05, 4.69) is 10.6 Å². The van der Waals surface area contributed by atoms with Gasteiger partial charge in [0.15, 0.2) is 5.60 Å². The van der Waals surface area contributed by atoms with Crippen LogP contribution in [-0.2, 0) is 4.79 Å². The molecule has 3 aromatic rings. The molecule has 0 spiro atoms. The Labute approximate surface area is 180 Å². The van der Waals surface area contributed by atoms with Gasteiger partial charge in [0.25, 0.3) is 11.8 Å². The molecule has 3 aromatic carbocycles. The molecule has 0 heterocycles. The lowest BCUT2D eigenvalue weighted by molar-refractivity contribution is -0.128. The highest BCUT2D eigenvalue weighted by Gasteiger charge is 2.30. The standard InChI is InChI=1S/C24H23FN2O4/c1-24(2,31-21-12-6-17(25)7-13-21)23(29)27-19-8-4-16(5-9-19)22(28)26-18-10-14-20(30-3)15-11-18/h4-15H,1-3H3,(H,26,28)(H,27,29).